The molecule has 0 saturated heterocycles. The first-order valence-electron chi connectivity index (χ1n) is 4.89. The van der Waals surface area contributed by atoms with Gasteiger partial charge in [0.25, 0.3) is 5.69 Å². The van der Waals surface area contributed by atoms with Gasteiger partial charge in [-0.25, -0.2) is 9.78 Å². The van der Waals surface area contributed by atoms with Crippen LogP contribution in [0.3, 0.4) is 0 Å². The zero-order chi connectivity index (χ0) is 13.1. The first kappa shape index (κ1) is 11.8. The minimum atomic E-state index is -0.637. The summed E-state index contributed by atoms with van der Waals surface area (Å²) in [6.45, 7) is 0. The van der Waals surface area contributed by atoms with E-state index in [2.05, 4.69) is 9.72 Å². The van der Waals surface area contributed by atoms with Gasteiger partial charge in [-0.2, -0.15) is 0 Å². The summed E-state index contributed by atoms with van der Waals surface area (Å²) in [5.74, 6) is -0.375. The zero-order valence-corrected chi connectivity index (χ0v) is 9.32. The van der Waals surface area contributed by atoms with E-state index in [-0.39, 0.29) is 22.6 Å². The fraction of sp³-hybridized carbons (Fsp3) is 0.0909. The summed E-state index contributed by atoms with van der Waals surface area (Å²) in [4.78, 5) is 25.4. The molecule has 2 rings (SSSR count). The van der Waals surface area contributed by atoms with Crippen LogP contribution in [0.5, 0.6) is 0 Å². The molecule has 18 heavy (non-hydrogen) atoms. The van der Waals surface area contributed by atoms with Gasteiger partial charge in [0, 0.05) is 6.07 Å². The van der Waals surface area contributed by atoms with Crippen LogP contribution < -0.4 is 0 Å². The van der Waals surface area contributed by atoms with E-state index in [0.29, 0.717) is 0 Å². The molecule has 1 heterocycles. The number of hydrogen-bond acceptors (Lipinski definition) is 6. The molecule has 1 aromatic carbocycles. The highest BCUT2D eigenvalue weighted by Crippen LogP contribution is 2.30. The highest BCUT2D eigenvalue weighted by molar-refractivity contribution is 5.91. The number of aromatic nitrogens is 1. The number of methoxy groups -OCH3 is 1. The van der Waals surface area contributed by atoms with Gasteiger partial charge in [0.1, 0.15) is 0 Å². The molecule has 0 fully saturated rings. The number of benzene rings is 1. The Bertz CT molecular complexity index is 591. The van der Waals surface area contributed by atoms with Crippen LogP contribution in [-0.4, -0.2) is 23.0 Å². The van der Waals surface area contributed by atoms with Gasteiger partial charge in [-0.1, -0.05) is 0 Å². The summed E-state index contributed by atoms with van der Waals surface area (Å²) in [5.41, 5.74) is 0.118. The van der Waals surface area contributed by atoms with Gasteiger partial charge < -0.3 is 9.15 Å². The molecular weight excluding hydrogens is 240 g/mol. The summed E-state index contributed by atoms with van der Waals surface area (Å²) >= 11 is 0. The maximum atomic E-state index is 11.3. The Morgan fingerprint density at radius 1 is 1.50 bits per heavy atom. The van der Waals surface area contributed by atoms with Crippen LogP contribution >= 0.6 is 0 Å². The topological polar surface area (TPSA) is 95.5 Å². The normalized spacial score (nSPS) is 10.1. The Kier molecular flexibility index (Phi) is 3.05. The monoisotopic (exact) mass is 248 g/mol. The highest BCUT2D eigenvalue weighted by Gasteiger charge is 2.20. The van der Waals surface area contributed by atoms with E-state index in [4.69, 9.17) is 4.42 Å². The van der Waals surface area contributed by atoms with Crippen LogP contribution in [-0.2, 0) is 4.74 Å². The predicted octanol–water partition coefficient (Wildman–Crippen LogP) is 2.04. The SMILES string of the molecule is COC(=O)c1ccc(-c2cnco2)c([N+](=O)[O-])c1. The third-order valence-corrected chi connectivity index (χ3v) is 2.31. The van der Waals surface area contributed by atoms with Crippen molar-refractivity contribution in [2.45, 2.75) is 0 Å². The Labute approximate surface area is 101 Å². The average Bonchev–Trinajstić information content (AvgIpc) is 2.90. The Morgan fingerprint density at radius 3 is 2.83 bits per heavy atom. The molecule has 0 aliphatic carbocycles. The van der Waals surface area contributed by atoms with E-state index < -0.39 is 10.9 Å². The summed E-state index contributed by atoms with van der Waals surface area (Å²) in [6, 6.07) is 3.99. The number of rotatable bonds is 3. The second-order valence-corrected chi connectivity index (χ2v) is 3.35. The number of esters is 1. The van der Waals surface area contributed by atoms with Crippen molar-refractivity contribution >= 4 is 11.7 Å². The number of carbonyl (C=O) groups is 1. The number of carbonyl (C=O) groups excluding carboxylic acids is 1. The molecule has 0 unspecified atom stereocenters. The Balaban J connectivity index is 2.55. The first-order valence-corrected chi connectivity index (χ1v) is 4.89. The standard InChI is InChI=1S/C11H8N2O5/c1-17-11(14)7-2-3-8(9(4-7)13(15)16)10-5-12-6-18-10/h2-6H,1H3. The van der Waals surface area contributed by atoms with Crippen LogP contribution in [0.1, 0.15) is 10.4 Å². The van der Waals surface area contributed by atoms with Gasteiger partial charge in [-0.3, -0.25) is 10.1 Å². The number of hydrogen-bond donors (Lipinski definition) is 0. The van der Waals surface area contributed by atoms with Crippen molar-refractivity contribution in [3.05, 3.63) is 46.5 Å². The maximum absolute atomic E-state index is 11.3. The summed E-state index contributed by atoms with van der Waals surface area (Å²) in [6.07, 6.45) is 2.54. The van der Waals surface area contributed by atoms with Crippen LogP contribution in [0, 0.1) is 10.1 Å². The summed E-state index contributed by atoms with van der Waals surface area (Å²) in [5, 5.41) is 11.0. The van der Waals surface area contributed by atoms with E-state index in [9.17, 15) is 14.9 Å². The second kappa shape index (κ2) is 4.66. The molecule has 0 spiro atoms. The first-order chi connectivity index (χ1) is 8.63. The molecule has 92 valence electrons. The number of nitro benzene ring substituents is 1. The molecular formula is C11H8N2O5. The van der Waals surface area contributed by atoms with Crippen LogP contribution in [0.25, 0.3) is 11.3 Å². The zero-order valence-electron chi connectivity index (χ0n) is 9.32. The lowest BCUT2D eigenvalue weighted by Crippen LogP contribution is -2.02. The largest absolute Gasteiger partial charge is 0.465 e. The summed E-state index contributed by atoms with van der Waals surface area (Å²) < 4.78 is 9.51. The van der Waals surface area contributed by atoms with E-state index in [1.807, 2.05) is 0 Å². The molecule has 0 radical (unpaired) electrons. The minimum absolute atomic E-state index is 0.104. The molecule has 7 nitrogen and oxygen atoms in total. The number of nitrogens with zero attached hydrogens (tertiary/aromatic N) is 2. The molecule has 0 aliphatic rings. The lowest BCUT2D eigenvalue weighted by molar-refractivity contribution is -0.384. The van der Waals surface area contributed by atoms with Crippen molar-refractivity contribution in [1.82, 2.24) is 4.98 Å². The molecule has 2 aromatic rings. The van der Waals surface area contributed by atoms with Gasteiger partial charge >= 0.3 is 5.97 Å². The van der Waals surface area contributed by atoms with Crippen molar-refractivity contribution in [3.8, 4) is 11.3 Å². The molecule has 1 aromatic heterocycles. The van der Waals surface area contributed by atoms with Gasteiger partial charge in [-0.15, -0.1) is 0 Å². The Morgan fingerprint density at radius 2 is 2.28 bits per heavy atom. The lowest BCUT2D eigenvalue weighted by atomic mass is 10.1. The maximum Gasteiger partial charge on any atom is 0.338 e. The van der Waals surface area contributed by atoms with Crippen LogP contribution in [0.4, 0.5) is 5.69 Å². The van der Waals surface area contributed by atoms with Gasteiger partial charge in [0.2, 0.25) is 0 Å². The van der Waals surface area contributed by atoms with Crippen molar-refractivity contribution in [1.29, 1.82) is 0 Å². The average molecular weight is 248 g/mol. The quantitative estimate of drug-likeness (QED) is 0.468. The van der Waals surface area contributed by atoms with Crippen molar-refractivity contribution < 1.29 is 18.9 Å². The van der Waals surface area contributed by atoms with Crippen molar-refractivity contribution in [2.75, 3.05) is 7.11 Å². The van der Waals surface area contributed by atoms with E-state index >= 15 is 0 Å². The third-order valence-electron chi connectivity index (χ3n) is 2.31. The highest BCUT2D eigenvalue weighted by atomic mass is 16.6. The smallest absolute Gasteiger partial charge is 0.338 e. The van der Waals surface area contributed by atoms with Crippen molar-refractivity contribution in [3.63, 3.8) is 0 Å². The number of nitro groups is 1. The predicted molar refractivity (Wildman–Crippen MR) is 59.9 cm³/mol. The lowest BCUT2D eigenvalue weighted by Gasteiger charge is -2.02. The molecule has 0 bridgehead atoms. The molecule has 7 heteroatoms. The fourth-order valence-electron chi connectivity index (χ4n) is 1.48. The number of oxazole rings is 1. The molecule has 0 saturated carbocycles. The van der Waals surface area contributed by atoms with Gasteiger partial charge in [-0.05, 0) is 12.1 Å². The molecule has 0 atom stereocenters. The molecule has 0 aliphatic heterocycles. The van der Waals surface area contributed by atoms with Crippen LogP contribution in [0.2, 0.25) is 0 Å². The van der Waals surface area contributed by atoms with Gasteiger partial charge in [0.15, 0.2) is 12.2 Å². The van der Waals surface area contributed by atoms with E-state index in [0.717, 1.165) is 6.07 Å². The van der Waals surface area contributed by atoms with E-state index in [1.165, 1.54) is 31.8 Å². The van der Waals surface area contributed by atoms with Crippen LogP contribution in [0.15, 0.2) is 35.2 Å². The molecule has 0 N–H and O–H groups in total. The van der Waals surface area contributed by atoms with Crippen molar-refractivity contribution in [2.24, 2.45) is 0 Å². The van der Waals surface area contributed by atoms with Gasteiger partial charge in [0.05, 0.1) is 29.4 Å². The fourth-order valence-corrected chi connectivity index (χ4v) is 1.48. The Hall–Kier alpha value is -2.70. The minimum Gasteiger partial charge on any atom is -0.465 e. The second-order valence-electron chi connectivity index (χ2n) is 3.35. The summed E-state index contributed by atoms with van der Waals surface area (Å²) in [7, 11) is 1.21. The number of ether oxygens (including phenoxy) is 1. The van der Waals surface area contributed by atoms with E-state index in [1.54, 1.807) is 0 Å². The molecule has 0 amide bonds. The third kappa shape index (κ3) is 2.05.